The van der Waals surface area contributed by atoms with Crippen LogP contribution in [0.15, 0.2) is 5.11 Å². The van der Waals surface area contributed by atoms with Crippen LogP contribution in [-0.2, 0) is 28.4 Å². The molecule has 0 amide bonds. The molecular weight excluding hydrogens is 820 g/mol. The van der Waals surface area contributed by atoms with Crippen molar-refractivity contribution in [2.75, 3.05) is 119 Å². The van der Waals surface area contributed by atoms with Gasteiger partial charge in [-0.25, -0.2) is 0 Å². The van der Waals surface area contributed by atoms with Crippen molar-refractivity contribution in [3.05, 3.63) is 10.4 Å². The number of hydrogen-bond donors (Lipinski definition) is 17. The molecule has 0 aromatic rings. The lowest BCUT2D eigenvalue weighted by Crippen LogP contribution is -2.54. The predicted molar refractivity (Wildman–Crippen MR) is 200 cm³/mol. The number of azide groups is 1. The Morgan fingerprint density at radius 1 is 0.367 bits per heavy atom. The van der Waals surface area contributed by atoms with Crippen LogP contribution < -0.4 is 0 Å². The maximum absolute atomic E-state index is 10.5. The van der Waals surface area contributed by atoms with Gasteiger partial charge in [0.1, 0.15) is 67.1 Å². The second kappa shape index (κ2) is 34.8. The van der Waals surface area contributed by atoms with Crippen LogP contribution in [0.4, 0.5) is 0 Å². The summed E-state index contributed by atoms with van der Waals surface area (Å²) in [7, 11) is 0. The van der Waals surface area contributed by atoms with Gasteiger partial charge in [-0.3, -0.25) is 4.90 Å². The summed E-state index contributed by atoms with van der Waals surface area (Å²) >= 11 is 0. The first-order chi connectivity index (χ1) is 28.4. The van der Waals surface area contributed by atoms with Gasteiger partial charge < -0.3 is 115 Å². The topological polar surface area (TPSA) is 451 Å². The second-order valence-corrected chi connectivity index (χ2v) is 14.0. The van der Waals surface area contributed by atoms with Crippen LogP contribution in [0.5, 0.6) is 0 Å². The monoisotopic (exact) mass is 888 g/mol. The molecule has 0 radical (unpaired) electrons. The molecule has 0 aromatic heterocycles. The highest BCUT2D eigenvalue weighted by molar-refractivity contribution is 4.86. The minimum Gasteiger partial charge on any atom is -0.394 e. The van der Waals surface area contributed by atoms with Crippen LogP contribution in [0.2, 0.25) is 0 Å². The van der Waals surface area contributed by atoms with Crippen LogP contribution >= 0.6 is 0 Å². The minimum atomic E-state index is -2.02. The van der Waals surface area contributed by atoms with Gasteiger partial charge >= 0.3 is 0 Å². The standard InChI is InChI=1S/C33H68N4O23/c34-36-35-1-19(40)7-55-9-21(42)11-57-13-23(44)15-59-17-25(46)18-60-16-24(45)14-58-12-22(43)10-56-8-20(41)2-37(3-26(47)30(51)32(53)28(49)5-38)4-27(48)31(52)33(54)29(50)6-39/h19-33,38-54H,1-18H2/t19?,20?,21?,22?,23?,24?,25?,26-,27-,28+,29+,30+,31+,32+,33+/m0/s1. The molecule has 0 saturated carbocycles. The van der Waals surface area contributed by atoms with E-state index in [4.69, 9.17) is 44.2 Å². The zero-order valence-corrected chi connectivity index (χ0v) is 33.2. The molecule has 0 fully saturated rings. The van der Waals surface area contributed by atoms with Crippen molar-refractivity contribution in [1.29, 1.82) is 0 Å². The molecule has 27 heteroatoms. The minimum absolute atomic E-state index is 0.159. The van der Waals surface area contributed by atoms with Crippen LogP contribution in [0.25, 0.3) is 10.4 Å². The smallest absolute Gasteiger partial charge is 0.111 e. The van der Waals surface area contributed by atoms with E-state index in [0.29, 0.717) is 0 Å². The van der Waals surface area contributed by atoms with Gasteiger partial charge in [-0.1, -0.05) is 5.11 Å². The van der Waals surface area contributed by atoms with Crippen LogP contribution in [-0.4, -0.2) is 302 Å². The first-order valence-electron chi connectivity index (χ1n) is 19.0. The van der Waals surface area contributed by atoms with Gasteiger partial charge in [0.2, 0.25) is 0 Å². The van der Waals surface area contributed by atoms with Gasteiger partial charge in [0.25, 0.3) is 0 Å². The third-order valence-corrected chi connectivity index (χ3v) is 8.09. The molecule has 7 unspecified atom stereocenters. The summed E-state index contributed by atoms with van der Waals surface area (Å²) < 4.78 is 31.1. The summed E-state index contributed by atoms with van der Waals surface area (Å²) in [6.07, 6.45) is -23.4. The first-order valence-corrected chi connectivity index (χ1v) is 19.0. The number of rotatable bonds is 40. The summed E-state index contributed by atoms with van der Waals surface area (Å²) in [4.78, 5) is 3.58. The Labute approximate surface area is 345 Å². The molecule has 0 rings (SSSR count). The third kappa shape index (κ3) is 28.1. The quantitative estimate of drug-likeness (QED) is 0.0154. The first kappa shape index (κ1) is 58.4. The van der Waals surface area contributed by atoms with E-state index >= 15 is 0 Å². The van der Waals surface area contributed by atoms with E-state index in [2.05, 4.69) is 10.0 Å². The Morgan fingerprint density at radius 2 is 0.617 bits per heavy atom. The fraction of sp³-hybridized carbons (Fsp3) is 1.00. The Kier molecular flexibility index (Phi) is 33.8. The lowest BCUT2D eigenvalue weighted by molar-refractivity contribution is -0.133. The predicted octanol–water partition coefficient (Wildman–Crippen LogP) is -9.90. The van der Waals surface area contributed by atoms with Gasteiger partial charge in [-0.05, 0) is 5.53 Å². The lowest BCUT2D eigenvalue weighted by Gasteiger charge is -2.34. The molecule has 0 aliphatic carbocycles. The molecule has 0 aliphatic heterocycles. The van der Waals surface area contributed by atoms with E-state index in [1.165, 1.54) is 0 Å². The molecule has 17 N–H and O–H groups in total. The van der Waals surface area contributed by atoms with Gasteiger partial charge in [-0.15, -0.1) is 0 Å². The molecule has 60 heavy (non-hydrogen) atoms. The van der Waals surface area contributed by atoms with E-state index < -0.39 is 131 Å². The van der Waals surface area contributed by atoms with E-state index in [-0.39, 0.29) is 79.2 Å². The Morgan fingerprint density at radius 3 is 0.883 bits per heavy atom. The van der Waals surface area contributed by atoms with Crippen LogP contribution in [0.1, 0.15) is 0 Å². The van der Waals surface area contributed by atoms with Gasteiger partial charge in [0, 0.05) is 24.5 Å². The number of aliphatic hydroxyl groups is 17. The highest BCUT2D eigenvalue weighted by Gasteiger charge is 2.35. The number of hydrogen-bond acceptors (Lipinski definition) is 25. The SMILES string of the molecule is [N-]=[N+]=NCC(O)COCC(O)COCC(O)COCC(O)COCC(O)COCC(O)COCC(O)CN(C[C@H](O)[C@@H](O)[C@H](O)[C@H](O)CO)C[C@H](O)[C@@H](O)[C@H](O)[C@H](O)CO. The van der Waals surface area contributed by atoms with Crippen molar-refractivity contribution >= 4 is 0 Å². The fourth-order valence-corrected chi connectivity index (χ4v) is 4.91. The molecule has 15 atom stereocenters. The lowest BCUT2D eigenvalue weighted by atomic mass is 10.0. The van der Waals surface area contributed by atoms with E-state index in [0.717, 1.165) is 4.90 Å². The molecular formula is C33H68N4O23. The molecule has 0 spiro atoms. The van der Waals surface area contributed by atoms with Gasteiger partial charge in [-0.2, -0.15) is 0 Å². The summed E-state index contributed by atoms with van der Waals surface area (Å²) in [6.45, 7) is -6.83. The summed E-state index contributed by atoms with van der Waals surface area (Å²) in [5.74, 6) is 0. The molecule has 0 saturated heterocycles. The van der Waals surface area contributed by atoms with E-state index in [9.17, 15) is 76.6 Å². The average molecular weight is 889 g/mol. The van der Waals surface area contributed by atoms with E-state index in [1.54, 1.807) is 0 Å². The van der Waals surface area contributed by atoms with Crippen molar-refractivity contribution in [3.63, 3.8) is 0 Å². The summed E-state index contributed by atoms with van der Waals surface area (Å²) in [6, 6.07) is 0. The van der Waals surface area contributed by atoms with Crippen molar-refractivity contribution in [2.45, 2.75) is 91.6 Å². The molecule has 358 valence electrons. The molecule has 0 aliphatic rings. The van der Waals surface area contributed by atoms with E-state index in [1.807, 2.05) is 0 Å². The maximum Gasteiger partial charge on any atom is 0.111 e. The van der Waals surface area contributed by atoms with Crippen LogP contribution in [0.3, 0.4) is 0 Å². The highest BCUT2D eigenvalue weighted by Crippen LogP contribution is 2.12. The summed E-state index contributed by atoms with van der Waals surface area (Å²) in [5.41, 5.74) is 8.20. The highest BCUT2D eigenvalue weighted by atomic mass is 16.5. The van der Waals surface area contributed by atoms with Crippen molar-refractivity contribution in [3.8, 4) is 0 Å². The molecule has 27 nitrogen and oxygen atoms in total. The Balaban J connectivity index is 4.45. The number of aliphatic hydroxyl groups excluding tert-OH is 17. The second-order valence-electron chi connectivity index (χ2n) is 14.0. The van der Waals surface area contributed by atoms with Crippen molar-refractivity contribution in [1.82, 2.24) is 4.90 Å². The van der Waals surface area contributed by atoms with Crippen LogP contribution in [0, 0.1) is 0 Å². The Bertz CT molecular complexity index is 1050. The fourth-order valence-electron chi connectivity index (χ4n) is 4.91. The normalized spacial score (nSPS) is 19.8. The zero-order chi connectivity index (χ0) is 45.6. The largest absolute Gasteiger partial charge is 0.394 e. The molecule has 0 bridgehead atoms. The Hall–Kier alpha value is -1.65. The van der Waals surface area contributed by atoms with Gasteiger partial charge in [0.05, 0.1) is 123 Å². The molecule has 0 aromatic carbocycles. The number of nitrogens with zero attached hydrogens (tertiary/aromatic N) is 4. The third-order valence-electron chi connectivity index (χ3n) is 8.09. The zero-order valence-electron chi connectivity index (χ0n) is 33.2. The molecule has 0 heterocycles. The van der Waals surface area contributed by atoms with Crippen molar-refractivity contribution in [2.24, 2.45) is 5.11 Å². The number of ether oxygens (including phenoxy) is 6. The van der Waals surface area contributed by atoms with Crippen molar-refractivity contribution < 1.29 is 115 Å². The summed E-state index contributed by atoms with van der Waals surface area (Å²) in [5, 5.41) is 171. The average Bonchev–Trinajstić information content (AvgIpc) is 3.20. The van der Waals surface area contributed by atoms with Gasteiger partial charge in [0.15, 0.2) is 0 Å². The maximum atomic E-state index is 10.5.